The first kappa shape index (κ1) is 13.1. The van der Waals surface area contributed by atoms with E-state index < -0.39 is 0 Å². The molecule has 20 heavy (non-hydrogen) atoms. The topological polar surface area (TPSA) is 23.5 Å². The number of likely N-dealkylation sites (tertiary alicyclic amines) is 1. The number of phenols is 1. The van der Waals surface area contributed by atoms with E-state index in [0.717, 1.165) is 16.8 Å². The van der Waals surface area contributed by atoms with Crippen molar-refractivity contribution in [3.63, 3.8) is 0 Å². The summed E-state index contributed by atoms with van der Waals surface area (Å²) in [6.45, 7) is 1.20. The van der Waals surface area contributed by atoms with Crippen molar-refractivity contribution in [2.24, 2.45) is 5.92 Å². The third-order valence-electron chi connectivity index (χ3n) is 6.17. The van der Waals surface area contributed by atoms with E-state index in [9.17, 15) is 5.11 Å². The first-order chi connectivity index (χ1) is 9.63. The van der Waals surface area contributed by atoms with Crippen LogP contribution in [0, 0.1) is 5.92 Å². The lowest BCUT2D eigenvalue weighted by molar-refractivity contribution is 0.00226. The predicted octanol–water partition coefficient (Wildman–Crippen LogP) is 3.84. The van der Waals surface area contributed by atoms with Crippen LogP contribution in [0.2, 0.25) is 0 Å². The largest absolute Gasteiger partial charge is 0.507 e. The lowest BCUT2D eigenvalue weighted by atomic mass is 9.52. The Kier molecular flexibility index (Phi) is 2.94. The quantitative estimate of drug-likeness (QED) is 0.778. The molecule has 0 radical (unpaired) electrons. The number of likely N-dealkylation sites (N-methyl/N-ethyl adjacent to an activating group) is 1. The summed E-state index contributed by atoms with van der Waals surface area (Å²) in [4.78, 5) is 2.58. The molecule has 1 N–H and O–H groups in total. The molecule has 1 heterocycles. The highest BCUT2D eigenvalue weighted by molar-refractivity contribution is 9.10. The van der Waals surface area contributed by atoms with Gasteiger partial charge < -0.3 is 10.0 Å². The van der Waals surface area contributed by atoms with Gasteiger partial charge in [0.2, 0.25) is 0 Å². The van der Waals surface area contributed by atoms with Gasteiger partial charge in [-0.3, -0.25) is 0 Å². The van der Waals surface area contributed by atoms with Crippen LogP contribution in [-0.2, 0) is 11.8 Å². The van der Waals surface area contributed by atoms with Crippen molar-refractivity contribution in [1.82, 2.24) is 4.90 Å². The molecule has 2 fully saturated rings. The zero-order valence-electron chi connectivity index (χ0n) is 12.0. The number of halogens is 1. The van der Waals surface area contributed by atoms with E-state index in [1.165, 1.54) is 49.8 Å². The summed E-state index contributed by atoms with van der Waals surface area (Å²) in [5, 5.41) is 10.2. The van der Waals surface area contributed by atoms with Gasteiger partial charge in [0.05, 0.1) is 4.47 Å². The van der Waals surface area contributed by atoms with Crippen molar-refractivity contribution < 1.29 is 5.11 Å². The van der Waals surface area contributed by atoms with E-state index in [4.69, 9.17) is 0 Å². The summed E-state index contributed by atoms with van der Waals surface area (Å²) in [6, 6.07) is 4.72. The number of benzene rings is 1. The van der Waals surface area contributed by atoms with Crippen molar-refractivity contribution >= 4 is 15.9 Å². The molecule has 0 spiro atoms. The molecule has 3 aliphatic rings. The van der Waals surface area contributed by atoms with Crippen LogP contribution in [0.1, 0.15) is 43.2 Å². The van der Waals surface area contributed by atoms with Crippen molar-refractivity contribution in [1.29, 1.82) is 0 Å². The van der Waals surface area contributed by atoms with Crippen molar-refractivity contribution in [3.8, 4) is 5.75 Å². The number of hydrogen-bond acceptors (Lipinski definition) is 2. The first-order valence-electron chi connectivity index (χ1n) is 7.84. The van der Waals surface area contributed by atoms with Crippen molar-refractivity contribution in [2.75, 3.05) is 13.6 Å². The minimum absolute atomic E-state index is 0.320. The molecule has 1 aliphatic heterocycles. The maximum Gasteiger partial charge on any atom is 0.130 e. The molecule has 0 amide bonds. The Labute approximate surface area is 129 Å². The van der Waals surface area contributed by atoms with Crippen molar-refractivity contribution in [2.45, 2.75) is 50.0 Å². The Hall–Kier alpha value is -0.540. The number of fused-ring (bicyclic) bond motifs is 1. The normalized spacial score (nSPS) is 36.3. The van der Waals surface area contributed by atoms with Gasteiger partial charge in [0.15, 0.2) is 0 Å². The standard InChI is InChI=1S/C17H22BrNO/c1-19-9-8-17-7-3-2-4-12(17)13(19)10-11-5-6-14(20)16(18)15(11)17/h5-6,12-13,20H,2-4,7-10H2,1H3/t12-,13+,17+/m1/s1. The maximum atomic E-state index is 10.2. The molecule has 2 aliphatic carbocycles. The van der Waals surface area contributed by atoms with Crippen LogP contribution in [-0.4, -0.2) is 29.6 Å². The number of hydrogen-bond donors (Lipinski definition) is 1. The van der Waals surface area contributed by atoms with Crippen LogP contribution in [0.15, 0.2) is 16.6 Å². The van der Waals surface area contributed by atoms with Gasteiger partial charge in [0.25, 0.3) is 0 Å². The Balaban J connectivity index is 1.95. The molecule has 2 nitrogen and oxygen atoms in total. The van der Waals surface area contributed by atoms with Crippen LogP contribution in [0.3, 0.4) is 0 Å². The summed E-state index contributed by atoms with van der Waals surface area (Å²) in [6.07, 6.45) is 7.78. The second kappa shape index (κ2) is 4.48. The predicted molar refractivity (Wildman–Crippen MR) is 84.2 cm³/mol. The van der Waals surface area contributed by atoms with Gasteiger partial charge in [-0.05, 0) is 78.3 Å². The Bertz CT molecular complexity index is 558. The zero-order valence-corrected chi connectivity index (χ0v) is 13.6. The van der Waals surface area contributed by atoms with E-state index in [1.807, 2.05) is 6.07 Å². The summed E-state index contributed by atoms with van der Waals surface area (Å²) >= 11 is 3.70. The van der Waals surface area contributed by atoms with Gasteiger partial charge in [-0.1, -0.05) is 18.9 Å². The third kappa shape index (κ3) is 1.59. The molecule has 1 aromatic carbocycles. The van der Waals surface area contributed by atoms with E-state index in [1.54, 1.807) is 0 Å². The van der Waals surface area contributed by atoms with E-state index in [2.05, 4.69) is 33.9 Å². The molecule has 4 rings (SSSR count). The van der Waals surface area contributed by atoms with Gasteiger partial charge in [-0.15, -0.1) is 0 Å². The highest BCUT2D eigenvalue weighted by Gasteiger charge is 2.53. The Morgan fingerprint density at radius 2 is 2.15 bits per heavy atom. The maximum absolute atomic E-state index is 10.2. The molecule has 1 saturated heterocycles. The molecular weight excluding hydrogens is 314 g/mol. The smallest absolute Gasteiger partial charge is 0.130 e. The lowest BCUT2D eigenvalue weighted by Crippen LogP contribution is -2.59. The summed E-state index contributed by atoms with van der Waals surface area (Å²) in [5.74, 6) is 1.19. The highest BCUT2D eigenvalue weighted by Crippen LogP contribution is 2.58. The van der Waals surface area contributed by atoms with E-state index >= 15 is 0 Å². The van der Waals surface area contributed by atoms with Gasteiger partial charge in [0, 0.05) is 11.5 Å². The monoisotopic (exact) mass is 335 g/mol. The minimum Gasteiger partial charge on any atom is -0.507 e. The number of rotatable bonds is 0. The third-order valence-corrected chi connectivity index (χ3v) is 6.98. The fourth-order valence-corrected chi connectivity index (χ4v) is 6.04. The molecule has 0 aromatic heterocycles. The fraction of sp³-hybridized carbons (Fsp3) is 0.647. The van der Waals surface area contributed by atoms with Crippen molar-refractivity contribution in [3.05, 3.63) is 27.7 Å². The molecule has 3 heteroatoms. The SMILES string of the molecule is CN1CC[C@@]23CCCC[C@@H]2[C@@H]1Cc1ccc(O)c(Br)c13. The molecule has 2 bridgehead atoms. The van der Waals surface area contributed by atoms with Gasteiger partial charge in [-0.2, -0.15) is 0 Å². The van der Waals surface area contributed by atoms with E-state index in [-0.39, 0.29) is 0 Å². The summed E-state index contributed by atoms with van der Waals surface area (Å²) in [5.41, 5.74) is 3.23. The Morgan fingerprint density at radius 1 is 1.30 bits per heavy atom. The molecular formula is C17H22BrNO. The van der Waals surface area contributed by atoms with Crippen LogP contribution < -0.4 is 0 Å². The number of phenolic OH excluding ortho intramolecular Hbond substituents is 1. The number of aromatic hydroxyl groups is 1. The van der Waals surface area contributed by atoms with Gasteiger partial charge in [-0.25, -0.2) is 0 Å². The number of piperidine rings is 1. The van der Waals surface area contributed by atoms with Crippen LogP contribution in [0.25, 0.3) is 0 Å². The summed E-state index contributed by atoms with van der Waals surface area (Å²) < 4.78 is 0.977. The zero-order chi connectivity index (χ0) is 13.9. The second-order valence-electron chi connectivity index (χ2n) is 6.94. The molecule has 3 atom stereocenters. The van der Waals surface area contributed by atoms with Gasteiger partial charge in [0.1, 0.15) is 5.75 Å². The van der Waals surface area contributed by atoms with Crippen LogP contribution >= 0.6 is 15.9 Å². The average Bonchev–Trinajstić information content (AvgIpc) is 2.46. The Morgan fingerprint density at radius 3 is 3.00 bits per heavy atom. The number of nitrogens with zero attached hydrogens (tertiary/aromatic N) is 1. The van der Waals surface area contributed by atoms with Crippen LogP contribution in [0.5, 0.6) is 5.75 Å². The minimum atomic E-state index is 0.320. The van der Waals surface area contributed by atoms with E-state index in [0.29, 0.717) is 17.2 Å². The average molecular weight is 336 g/mol. The highest BCUT2D eigenvalue weighted by atomic mass is 79.9. The molecule has 108 valence electrons. The van der Waals surface area contributed by atoms with Gasteiger partial charge >= 0.3 is 0 Å². The molecule has 0 unspecified atom stereocenters. The van der Waals surface area contributed by atoms with Crippen LogP contribution in [0.4, 0.5) is 0 Å². The molecule has 1 saturated carbocycles. The molecule has 1 aromatic rings. The first-order valence-corrected chi connectivity index (χ1v) is 8.64. The fourth-order valence-electron chi connectivity index (χ4n) is 5.26. The lowest BCUT2D eigenvalue weighted by Gasteiger charge is -2.58. The summed E-state index contributed by atoms with van der Waals surface area (Å²) in [7, 11) is 2.30. The second-order valence-corrected chi connectivity index (χ2v) is 7.74.